The van der Waals surface area contributed by atoms with Crippen molar-refractivity contribution in [3.05, 3.63) is 0 Å². The van der Waals surface area contributed by atoms with E-state index in [1.54, 1.807) is 0 Å². The molecule has 1 N–H and O–H groups in total. The van der Waals surface area contributed by atoms with Gasteiger partial charge in [-0.1, -0.05) is 26.7 Å². The van der Waals surface area contributed by atoms with Gasteiger partial charge in [0.05, 0.1) is 12.2 Å². The van der Waals surface area contributed by atoms with Gasteiger partial charge in [0, 0.05) is 6.04 Å². The van der Waals surface area contributed by atoms with E-state index in [1.807, 2.05) is 11.8 Å². The van der Waals surface area contributed by atoms with Gasteiger partial charge in [-0.15, -0.1) is 0 Å². The molecule has 4 heteroatoms. The van der Waals surface area contributed by atoms with Gasteiger partial charge in [-0.3, -0.25) is 10.1 Å². The second-order valence-corrected chi connectivity index (χ2v) is 8.65. The number of thioether (sulfide) groups is 1. The van der Waals surface area contributed by atoms with E-state index in [0.29, 0.717) is 30.0 Å². The Labute approximate surface area is 133 Å². The second kappa shape index (κ2) is 6.91. The Bertz CT molecular complexity index is 362. The van der Waals surface area contributed by atoms with Crippen molar-refractivity contribution >= 4 is 17.7 Å². The molecule has 2 saturated heterocycles. The standard InChI is InChI=1S/C17H30N2OS/c1-12(2)11-15-17(20)19(14-7-9-21-10-8-14)16(18-15)13-5-3-4-6-13/h12-16,18H,3-11H2,1-2H3. The Morgan fingerprint density at radius 2 is 1.86 bits per heavy atom. The summed E-state index contributed by atoms with van der Waals surface area (Å²) < 4.78 is 0. The van der Waals surface area contributed by atoms with Gasteiger partial charge in [0.1, 0.15) is 0 Å². The summed E-state index contributed by atoms with van der Waals surface area (Å²) >= 11 is 2.05. The number of carbonyl (C=O) groups is 1. The van der Waals surface area contributed by atoms with Gasteiger partial charge in [-0.05, 0) is 55.4 Å². The van der Waals surface area contributed by atoms with E-state index in [9.17, 15) is 4.79 Å². The molecule has 2 aliphatic heterocycles. The minimum absolute atomic E-state index is 0.0742. The molecule has 3 fully saturated rings. The average Bonchev–Trinajstić information content (AvgIpc) is 3.08. The van der Waals surface area contributed by atoms with E-state index in [1.165, 1.54) is 50.0 Å². The van der Waals surface area contributed by atoms with Crippen LogP contribution >= 0.6 is 11.8 Å². The molecule has 0 aromatic rings. The third-order valence-electron chi connectivity index (χ3n) is 5.36. The van der Waals surface area contributed by atoms with Crippen LogP contribution in [-0.4, -0.2) is 40.6 Å². The van der Waals surface area contributed by atoms with E-state index in [2.05, 4.69) is 24.1 Å². The van der Waals surface area contributed by atoms with Gasteiger partial charge in [-0.2, -0.15) is 11.8 Å². The maximum absolute atomic E-state index is 13.0. The van der Waals surface area contributed by atoms with E-state index in [-0.39, 0.29) is 6.04 Å². The van der Waals surface area contributed by atoms with Crippen LogP contribution in [-0.2, 0) is 4.79 Å². The van der Waals surface area contributed by atoms with Crippen molar-refractivity contribution in [2.45, 2.75) is 77.0 Å². The lowest BCUT2D eigenvalue weighted by Crippen LogP contribution is -2.49. The third kappa shape index (κ3) is 3.42. The van der Waals surface area contributed by atoms with Gasteiger partial charge in [0.2, 0.25) is 5.91 Å². The maximum atomic E-state index is 13.0. The average molecular weight is 311 g/mol. The molecule has 2 heterocycles. The van der Waals surface area contributed by atoms with Crippen LogP contribution in [0.15, 0.2) is 0 Å². The topological polar surface area (TPSA) is 32.3 Å². The SMILES string of the molecule is CC(C)CC1NC(C2CCCC2)N(C2CCSCC2)C1=O. The predicted octanol–water partition coefficient (Wildman–Crippen LogP) is 3.24. The molecule has 0 radical (unpaired) electrons. The highest BCUT2D eigenvalue weighted by molar-refractivity contribution is 7.99. The highest BCUT2D eigenvalue weighted by Crippen LogP contribution is 2.36. The van der Waals surface area contributed by atoms with E-state index in [0.717, 1.165) is 6.42 Å². The quantitative estimate of drug-likeness (QED) is 0.865. The predicted molar refractivity (Wildman–Crippen MR) is 89.3 cm³/mol. The number of hydrogen-bond donors (Lipinski definition) is 1. The van der Waals surface area contributed by atoms with E-state index >= 15 is 0 Å². The number of rotatable bonds is 4. The van der Waals surface area contributed by atoms with Gasteiger partial charge in [-0.25, -0.2) is 0 Å². The summed E-state index contributed by atoms with van der Waals surface area (Å²) in [7, 11) is 0. The van der Waals surface area contributed by atoms with Gasteiger partial charge in [0.15, 0.2) is 0 Å². The first-order valence-corrected chi connectivity index (χ1v) is 9.98. The fourth-order valence-electron chi connectivity index (χ4n) is 4.32. The molecule has 0 aromatic carbocycles. The van der Waals surface area contributed by atoms with Crippen molar-refractivity contribution in [3.8, 4) is 0 Å². The van der Waals surface area contributed by atoms with Crippen LogP contribution in [0.5, 0.6) is 0 Å². The summed E-state index contributed by atoms with van der Waals surface area (Å²) in [5.41, 5.74) is 0. The van der Waals surface area contributed by atoms with Gasteiger partial charge in [0.25, 0.3) is 0 Å². The fraction of sp³-hybridized carbons (Fsp3) is 0.941. The molecule has 21 heavy (non-hydrogen) atoms. The molecule has 0 spiro atoms. The van der Waals surface area contributed by atoms with Crippen LogP contribution in [0.1, 0.15) is 58.8 Å². The third-order valence-corrected chi connectivity index (χ3v) is 6.41. The molecule has 1 saturated carbocycles. The largest absolute Gasteiger partial charge is 0.322 e. The number of nitrogens with one attached hydrogen (secondary N) is 1. The summed E-state index contributed by atoms with van der Waals surface area (Å²) in [6, 6.07) is 0.569. The Morgan fingerprint density at radius 1 is 1.19 bits per heavy atom. The Hall–Kier alpha value is -0.220. The first-order chi connectivity index (χ1) is 10.2. The molecular formula is C17H30N2OS. The maximum Gasteiger partial charge on any atom is 0.241 e. The highest BCUT2D eigenvalue weighted by atomic mass is 32.2. The van der Waals surface area contributed by atoms with E-state index < -0.39 is 0 Å². The molecule has 120 valence electrons. The Kier molecular flexibility index (Phi) is 5.15. The van der Waals surface area contributed by atoms with Crippen molar-refractivity contribution in [2.75, 3.05) is 11.5 Å². The molecule has 2 atom stereocenters. The lowest BCUT2D eigenvalue weighted by molar-refractivity contribution is -0.133. The van der Waals surface area contributed by atoms with Gasteiger partial charge < -0.3 is 4.90 Å². The molecular weight excluding hydrogens is 280 g/mol. The zero-order valence-electron chi connectivity index (χ0n) is 13.5. The highest BCUT2D eigenvalue weighted by Gasteiger charge is 2.46. The first-order valence-electron chi connectivity index (χ1n) is 8.83. The van der Waals surface area contributed by atoms with Crippen molar-refractivity contribution in [1.29, 1.82) is 0 Å². The lowest BCUT2D eigenvalue weighted by Gasteiger charge is -2.37. The number of nitrogens with zero attached hydrogens (tertiary/aromatic N) is 1. The monoisotopic (exact) mass is 310 g/mol. The van der Waals surface area contributed by atoms with Gasteiger partial charge >= 0.3 is 0 Å². The molecule has 3 aliphatic rings. The van der Waals surface area contributed by atoms with Crippen LogP contribution in [0, 0.1) is 11.8 Å². The number of amides is 1. The summed E-state index contributed by atoms with van der Waals surface area (Å²) in [6.45, 7) is 4.44. The normalized spacial score (nSPS) is 32.5. The van der Waals surface area contributed by atoms with Crippen molar-refractivity contribution in [2.24, 2.45) is 11.8 Å². The molecule has 1 aliphatic carbocycles. The van der Waals surface area contributed by atoms with Crippen molar-refractivity contribution in [1.82, 2.24) is 10.2 Å². The van der Waals surface area contributed by atoms with Crippen LogP contribution in [0.4, 0.5) is 0 Å². The van der Waals surface area contributed by atoms with Crippen molar-refractivity contribution < 1.29 is 4.79 Å². The minimum atomic E-state index is 0.0742. The molecule has 3 nitrogen and oxygen atoms in total. The smallest absolute Gasteiger partial charge is 0.241 e. The lowest BCUT2D eigenvalue weighted by atomic mass is 10.0. The number of hydrogen-bond acceptors (Lipinski definition) is 3. The summed E-state index contributed by atoms with van der Waals surface area (Å²) in [4.78, 5) is 15.3. The molecule has 1 amide bonds. The zero-order valence-corrected chi connectivity index (χ0v) is 14.3. The van der Waals surface area contributed by atoms with Crippen LogP contribution in [0.3, 0.4) is 0 Å². The summed E-state index contributed by atoms with van der Waals surface area (Å²) in [5, 5.41) is 3.73. The Balaban J connectivity index is 1.75. The van der Waals surface area contributed by atoms with Crippen LogP contribution in [0.2, 0.25) is 0 Å². The zero-order chi connectivity index (χ0) is 14.8. The van der Waals surface area contributed by atoms with Crippen molar-refractivity contribution in [3.63, 3.8) is 0 Å². The summed E-state index contributed by atoms with van der Waals surface area (Å²) in [5.74, 6) is 4.12. The Morgan fingerprint density at radius 3 is 2.48 bits per heavy atom. The minimum Gasteiger partial charge on any atom is -0.322 e. The molecule has 0 bridgehead atoms. The van der Waals surface area contributed by atoms with Crippen LogP contribution in [0.25, 0.3) is 0 Å². The fourth-order valence-corrected chi connectivity index (χ4v) is 5.40. The van der Waals surface area contributed by atoms with Crippen LogP contribution < -0.4 is 5.32 Å². The summed E-state index contributed by atoms with van der Waals surface area (Å²) in [6.07, 6.45) is 9.00. The molecule has 3 rings (SSSR count). The molecule has 0 aromatic heterocycles. The first kappa shape index (κ1) is 15.7. The van der Waals surface area contributed by atoms with E-state index in [4.69, 9.17) is 0 Å². The molecule has 2 unspecified atom stereocenters. The second-order valence-electron chi connectivity index (χ2n) is 7.43. The number of carbonyl (C=O) groups excluding carboxylic acids is 1.